The van der Waals surface area contributed by atoms with E-state index in [0.717, 1.165) is 17.0 Å². The Morgan fingerprint density at radius 1 is 1.18 bits per heavy atom. The van der Waals surface area contributed by atoms with Crippen molar-refractivity contribution in [3.05, 3.63) is 77.5 Å². The molecule has 0 spiro atoms. The van der Waals surface area contributed by atoms with Crippen LogP contribution in [0.5, 0.6) is 0 Å². The molecule has 44 heavy (non-hydrogen) atoms. The first-order chi connectivity index (χ1) is 20.8. The van der Waals surface area contributed by atoms with Gasteiger partial charge in [0.25, 0.3) is 0 Å². The minimum atomic E-state index is -4.65. The Balaban J connectivity index is 1.34. The van der Waals surface area contributed by atoms with E-state index in [2.05, 4.69) is 16.5 Å². The molecule has 3 aliphatic rings. The van der Waals surface area contributed by atoms with Gasteiger partial charge in [-0.1, -0.05) is 24.2 Å². The fourth-order valence-corrected chi connectivity index (χ4v) is 6.51. The number of fused-ring (bicyclic) bond motifs is 2. The molecule has 6 rings (SSSR count). The van der Waals surface area contributed by atoms with Gasteiger partial charge in [-0.2, -0.15) is 13.2 Å². The maximum Gasteiger partial charge on any atom is 0.416 e. The number of aromatic nitrogens is 3. The molecule has 2 aromatic heterocycles. The number of imidazole rings is 1. The van der Waals surface area contributed by atoms with E-state index in [1.807, 2.05) is 15.7 Å². The SMILES string of the molecule is C=CC(=O)N1CC(n2cnc(CN3C[C@H]4CC(=O)N(c5cc(C(F)(F)F)cc(C)n5)[C@@H]4C(=O)N(C)c4cccc(Cl)c43)c2)C1. The molecule has 2 saturated heterocycles. The summed E-state index contributed by atoms with van der Waals surface area (Å²) in [6.45, 7) is 6.51. The summed E-state index contributed by atoms with van der Waals surface area (Å²) in [6.07, 6.45) is 0.160. The molecule has 3 amide bonds. The number of amides is 3. The molecule has 2 fully saturated rings. The lowest BCUT2D eigenvalue weighted by atomic mass is 9.95. The maximum absolute atomic E-state index is 14.0. The number of halogens is 4. The van der Waals surface area contributed by atoms with Gasteiger partial charge >= 0.3 is 6.18 Å². The lowest BCUT2D eigenvalue weighted by Crippen LogP contribution is -2.52. The molecule has 230 valence electrons. The van der Waals surface area contributed by atoms with Gasteiger partial charge in [0, 0.05) is 50.9 Å². The third kappa shape index (κ3) is 5.18. The largest absolute Gasteiger partial charge is 0.416 e. The number of anilines is 3. The van der Waals surface area contributed by atoms with Gasteiger partial charge in [0.15, 0.2) is 0 Å². The summed E-state index contributed by atoms with van der Waals surface area (Å²) in [5.41, 5.74) is 0.914. The van der Waals surface area contributed by atoms with Crippen LogP contribution in [0.25, 0.3) is 0 Å². The van der Waals surface area contributed by atoms with Crippen molar-refractivity contribution in [2.45, 2.75) is 38.1 Å². The first-order valence-corrected chi connectivity index (χ1v) is 14.4. The van der Waals surface area contributed by atoms with Crippen molar-refractivity contribution in [2.24, 2.45) is 5.92 Å². The number of nitrogens with zero attached hydrogens (tertiary/aromatic N) is 7. The van der Waals surface area contributed by atoms with Crippen molar-refractivity contribution in [1.82, 2.24) is 19.4 Å². The molecular formula is C30H29ClF3N7O3. The summed E-state index contributed by atoms with van der Waals surface area (Å²) in [5.74, 6) is -1.85. The van der Waals surface area contributed by atoms with Gasteiger partial charge in [0.1, 0.15) is 11.9 Å². The summed E-state index contributed by atoms with van der Waals surface area (Å²) in [4.78, 5) is 54.3. The number of benzene rings is 1. The number of carbonyl (C=O) groups is 3. The third-order valence-electron chi connectivity index (χ3n) is 8.40. The van der Waals surface area contributed by atoms with E-state index >= 15 is 0 Å². The fourth-order valence-electron chi connectivity index (χ4n) is 6.22. The molecule has 0 N–H and O–H groups in total. The van der Waals surface area contributed by atoms with Gasteiger partial charge < -0.3 is 19.3 Å². The molecule has 0 bridgehead atoms. The van der Waals surface area contributed by atoms with Crippen molar-refractivity contribution < 1.29 is 27.6 Å². The molecule has 0 radical (unpaired) electrons. The predicted octanol–water partition coefficient (Wildman–Crippen LogP) is 4.23. The average molecular weight is 628 g/mol. The van der Waals surface area contributed by atoms with Crippen LogP contribution in [0.2, 0.25) is 5.02 Å². The number of para-hydroxylation sites is 1. The van der Waals surface area contributed by atoms with Gasteiger partial charge in [0.2, 0.25) is 17.7 Å². The summed E-state index contributed by atoms with van der Waals surface area (Å²) in [7, 11) is 1.56. The first kappa shape index (κ1) is 29.7. The van der Waals surface area contributed by atoms with Gasteiger partial charge in [-0.3, -0.25) is 19.3 Å². The second-order valence-corrected chi connectivity index (χ2v) is 11.7. The van der Waals surface area contributed by atoms with E-state index in [1.54, 1.807) is 36.5 Å². The Hall–Kier alpha value is -4.39. The Kier molecular flexibility index (Phi) is 7.39. The van der Waals surface area contributed by atoms with E-state index in [-0.39, 0.29) is 43.0 Å². The van der Waals surface area contributed by atoms with Crippen LogP contribution in [0.15, 0.2) is 55.5 Å². The van der Waals surface area contributed by atoms with Gasteiger partial charge in [-0.25, -0.2) is 9.97 Å². The second-order valence-electron chi connectivity index (χ2n) is 11.3. The van der Waals surface area contributed by atoms with E-state index in [0.29, 0.717) is 35.2 Å². The van der Waals surface area contributed by atoms with Crippen molar-refractivity contribution in [3.8, 4) is 0 Å². The standard InChI is InChI=1S/C30H29ClF3N7O3/c1-4-25(42)38-14-21(15-38)40-13-20(35-16-40)12-39-11-18-9-26(43)41(24-10-19(30(32,33)34)8-17(2)36-24)27(18)29(44)37(3)23-7-5-6-22(31)28(23)39/h4-8,10,13,16,18,21,27H,1,9,11-12,14-15H2,2-3H3/t18-,27+/m1/s1. The van der Waals surface area contributed by atoms with Crippen molar-refractivity contribution >= 4 is 46.5 Å². The highest BCUT2D eigenvalue weighted by atomic mass is 35.5. The number of alkyl halides is 3. The summed E-state index contributed by atoms with van der Waals surface area (Å²) < 4.78 is 43.0. The van der Waals surface area contributed by atoms with Crippen LogP contribution in [0.3, 0.4) is 0 Å². The Morgan fingerprint density at radius 3 is 2.64 bits per heavy atom. The van der Waals surface area contributed by atoms with Crippen LogP contribution in [-0.4, -0.2) is 69.9 Å². The van der Waals surface area contributed by atoms with Crippen LogP contribution in [-0.2, 0) is 27.1 Å². The van der Waals surface area contributed by atoms with E-state index in [1.165, 1.54) is 17.9 Å². The minimum Gasteiger partial charge on any atom is -0.362 e. The van der Waals surface area contributed by atoms with E-state index in [4.69, 9.17) is 11.6 Å². The van der Waals surface area contributed by atoms with Crippen LogP contribution in [0.1, 0.15) is 29.4 Å². The molecule has 2 atom stereocenters. The number of carbonyl (C=O) groups excluding carboxylic acids is 3. The lowest BCUT2D eigenvalue weighted by Gasteiger charge is -2.39. The molecular weight excluding hydrogens is 599 g/mol. The molecule has 3 aromatic rings. The molecule has 10 nitrogen and oxygen atoms in total. The summed E-state index contributed by atoms with van der Waals surface area (Å²) in [5, 5.41) is 0.397. The molecule has 3 aliphatic heterocycles. The number of hydrogen-bond donors (Lipinski definition) is 0. The number of likely N-dealkylation sites (tertiary alicyclic amines) is 1. The third-order valence-corrected chi connectivity index (χ3v) is 8.71. The number of aryl methyl sites for hydroxylation is 1. The molecule has 5 heterocycles. The zero-order valence-electron chi connectivity index (χ0n) is 24.0. The molecule has 0 unspecified atom stereocenters. The quantitative estimate of drug-likeness (QED) is 0.393. The Morgan fingerprint density at radius 2 is 1.93 bits per heavy atom. The maximum atomic E-state index is 14.0. The zero-order valence-corrected chi connectivity index (χ0v) is 24.7. The smallest absolute Gasteiger partial charge is 0.362 e. The van der Waals surface area contributed by atoms with Crippen LogP contribution < -0.4 is 14.7 Å². The lowest BCUT2D eigenvalue weighted by molar-refractivity contribution is -0.137. The highest BCUT2D eigenvalue weighted by Crippen LogP contribution is 2.43. The van der Waals surface area contributed by atoms with Crippen molar-refractivity contribution in [1.29, 1.82) is 0 Å². The predicted molar refractivity (Wildman–Crippen MR) is 157 cm³/mol. The van der Waals surface area contributed by atoms with Crippen molar-refractivity contribution in [2.75, 3.05) is 41.4 Å². The minimum absolute atomic E-state index is 0.0683. The first-order valence-electron chi connectivity index (χ1n) is 14.0. The summed E-state index contributed by atoms with van der Waals surface area (Å²) >= 11 is 6.72. The van der Waals surface area contributed by atoms with E-state index in [9.17, 15) is 27.6 Å². The number of hydrogen-bond acceptors (Lipinski definition) is 6. The zero-order chi connectivity index (χ0) is 31.5. The average Bonchev–Trinajstić information content (AvgIpc) is 3.52. The van der Waals surface area contributed by atoms with Crippen LogP contribution in [0.4, 0.5) is 30.4 Å². The Bertz CT molecular complexity index is 1670. The molecule has 0 aliphatic carbocycles. The number of rotatable bonds is 5. The van der Waals surface area contributed by atoms with Gasteiger partial charge in [-0.05, 0) is 37.3 Å². The highest BCUT2D eigenvalue weighted by molar-refractivity contribution is 6.34. The van der Waals surface area contributed by atoms with Gasteiger partial charge in [-0.15, -0.1) is 0 Å². The molecule has 14 heteroatoms. The van der Waals surface area contributed by atoms with Crippen LogP contribution >= 0.6 is 11.6 Å². The highest BCUT2D eigenvalue weighted by Gasteiger charge is 2.49. The molecule has 1 aromatic carbocycles. The fraction of sp³-hybridized carbons (Fsp3) is 0.367. The topological polar surface area (TPSA) is 94.9 Å². The monoisotopic (exact) mass is 627 g/mol. The normalized spacial score (nSPS) is 20.7. The van der Waals surface area contributed by atoms with Gasteiger partial charge in [0.05, 0.1) is 46.6 Å². The summed E-state index contributed by atoms with van der Waals surface area (Å²) in [6, 6.07) is 5.87. The van der Waals surface area contributed by atoms with Crippen LogP contribution in [0, 0.1) is 12.8 Å². The number of likely N-dealkylation sites (N-methyl/N-ethyl adjacent to an activating group) is 1. The van der Waals surface area contributed by atoms with Crippen molar-refractivity contribution in [3.63, 3.8) is 0 Å². The second kappa shape index (κ2) is 11.0. The number of pyridine rings is 1. The van der Waals surface area contributed by atoms with E-state index < -0.39 is 35.5 Å². The molecule has 0 saturated carbocycles. The Labute approximate surface area is 256 Å².